The summed E-state index contributed by atoms with van der Waals surface area (Å²) in [6.07, 6.45) is -0.838. The molecule has 0 aliphatic heterocycles. The Bertz CT molecular complexity index is 988. The van der Waals surface area contributed by atoms with Crippen LogP contribution in [0.2, 0.25) is 0 Å². The Kier molecular flexibility index (Phi) is 12.0. The van der Waals surface area contributed by atoms with Gasteiger partial charge in [0.15, 0.2) is 11.5 Å². The van der Waals surface area contributed by atoms with Crippen LogP contribution in [0.3, 0.4) is 0 Å². The Labute approximate surface area is 224 Å². The van der Waals surface area contributed by atoms with E-state index in [1.54, 1.807) is 40.7 Å². The van der Waals surface area contributed by atoms with Crippen LogP contribution >= 0.6 is 0 Å². The number of hydrogen-bond donors (Lipinski definition) is 1. The van der Waals surface area contributed by atoms with Crippen LogP contribution in [0.1, 0.15) is 79.7 Å². The number of carbonyl (C=O) groups excluding carboxylic acids is 4. The fourth-order valence-electron chi connectivity index (χ4n) is 2.92. The molecular formula is C27H41NO10. The van der Waals surface area contributed by atoms with Crippen LogP contribution in [0.15, 0.2) is 18.2 Å². The molecular weight excluding hydrogens is 498 g/mol. The normalized spacial score (nSPS) is 13.1. The summed E-state index contributed by atoms with van der Waals surface area (Å²) in [5.41, 5.74) is 3.68. The highest BCUT2D eigenvalue weighted by Gasteiger charge is 2.36. The Hall–Kier alpha value is -3.34. The highest BCUT2D eigenvalue weighted by Crippen LogP contribution is 2.32. The molecule has 11 nitrogen and oxygen atoms in total. The van der Waals surface area contributed by atoms with Crippen LogP contribution in [-0.2, 0) is 35.0 Å². The summed E-state index contributed by atoms with van der Waals surface area (Å²) in [6, 6.07) is 4.33. The lowest BCUT2D eigenvalue weighted by molar-refractivity contribution is -0.151. The van der Waals surface area contributed by atoms with Gasteiger partial charge < -0.3 is 34.2 Å². The summed E-state index contributed by atoms with van der Waals surface area (Å²) in [5.74, 6) is -1.40. The van der Waals surface area contributed by atoms with Gasteiger partial charge in [0.05, 0.1) is 13.7 Å². The molecule has 1 rings (SSSR count). The standard InChI is InChI=1S/C27H41NO10/c1-9-21(29)34-15-14-27(28,22(30)33-8)17-18-12-13-19(35-23(31)37-25(4,5)10-2)20(16-18)36-24(32)38-26(6,7)11-3/h12-13,16H,9-11,14-15,17,28H2,1-8H3/t27-/m1/s1. The van der Waals surface area contributed by atoms with E-state index in [-0.39, 0.29) is 37.4 Å². The Morgan fingerprint density at radius 3 is 1.84 bits per heavy atom. The average Bonchev–Trinajstić information content (AvgIpc) is 2.84. The van der Waals surface area contributed by atoms with E-state index < -0.39 is 41.0 Å². The second-order valence-corrected chi connectivity index (χ2v) is 10.1. The molecule has 0 saturated carbocycles. The van der Waals surface area contributed by atoms with Crippen molar-refractivity contribution in [3.05, 3.63) is 23.8 Å². The Morgan fingerprint density at radius 2 is 1.37 bits per heavy atom. The second-order valence-electron chi connectivity index (χ2n) is 10.1. The van der Waals surface area contributed by atoms with Crippen molar-refractivity contribution in [1.82, 2.24) is 0 Å². The maximum Gasteiger partial charge on any atom is 0.514 e. The molecule has 0 fully saturated rings. The lowest BCUT2D eigenvalue weighted by atomic mass is 9.88. The van der Waals surface area contributed by atoms with E-state index in [4.69, 9.17) is 34.2 Å². The smallest absolute Gasteiger partial charge is 0.468 e. The lowest BCUT2D eigenvalue weighted by Gasteiger charge is -2.27. The molecule has 0 aliphatic carbocycles. The summed E-state index contributed by atoms with van der Waals surface area (Å²) in [4.78, 5) is 49.0. The molecule has 0 heterocycles. The SMILES string of the molecule is CCC(=O)OCC[C@@](N)(Cc1ccc(OC(=O)OC(C)(C)CC)c(OC(=O)OC(C)(C)CC)c1)C(=O)OC. The molecule has 0 amide bonds. The first-order valence-corrected chi connectivity index (χ1v) is 12.6. The van der Waals surface area contributed by atoms with Gasteiger partial charge in [0.25, 0.3) is 0 Å². The molecule has 38 heavy (non-hydrogen) atoms. The van der Waals surface area contributed by atoms with Crippen molar-refractivity contribution >= 4 is 24.2 Å². The van der Waals surface area contributed by atoms with Crippen molar-refractivity contribution in [2.75, 3.05) is 13.7 Å². The van der Waals surface area contributed by atoms with Crippen LogP contribution in [0.5, 0.6) is 11.5 Å². The van der Waals surface area contributed by atoms with Crippen LogP contribution in [-0.4, -0.2) is 54.7 Å². The van der Waals surface area contributed by atoms with Crippen molar-refractivity contribution < 1.29 is 47.6 Å². The summed E-state index contributed by atoms with van der Waals surface area (Å²) < 4.78 is 31.3. The van der Waals surface area contributed by atoms with E-state index in [0.717, 1.165) is 0 Å². The third-order valence-corrected chi connectivity index (χ3v) is 6.03. The number of benzene rings is 1. The Balaban J connectivity index is 3.29. The molecule has 0 aliphatic rings. The zero-order valence-corrected chi connectivity index (χ0v) is 23.6. The average molecular weight is 540 g/mol. The van der Waals surface area contributed by atoms with Crippen LogP contribution in [0.25, 0.3) is 0 Å². The minimum absolute atomic E-state index is 0.0228. The molecule has 0 unspecified atom stereocenters. The van der Waals surface area contributed by atoms with Crippen molar-refractivity contribution in [3.63, 3.8) is 0 Å². The molecule has 0 bridgehead atoms. The van der Waals surface area contributed by atoms with E-state index >= 15 is 0 Å². The van der Waals surface area contributed by atoms with E-state index in [1.165, 1.54) is 19.2 Å². The zero-order valence-electron chi connectivity index (χ0n) is 23.6. The highest BCUT2D eigenvalue weighted by molar-refractivity contribution is 5.81. The minimum atomic E-state index is -1.56. The lowest BCUT2D eigenvalue weighted by Crippen LogP contribution is -2.51. The fraction of sp³-hybridized carbons (Fsp3) is 0.630. The van der Waals surface area contributed by atoms with Gasteiger partial charge >= 0.3 is 24.2 Å². The Morgan fingerprint density at radius 1 is 0.842 bits per heavy atom. The molecule has 1 atom stereocenters. The van der Waals surface area contributed by atoms with E-state index in [0.29, 0.717) is 18.4 Å². The van der Waals surface area contributed by atoms with Gasteiger partial charge in [-0.05, 0) is 58.2 Å². The zero-order chi connectivity index (χ0) is 29.1. The quantitative estimate of drug-likeness (QED) is 0.208. The largest absolute Gasteiger partial charge is 0.514 e. The first kappa shape index (κ1) is 32.7. The first-order chi connectivity index (χ1) is 17.6. The second kappa shape index (κ2) is 14.0. The molecule has 2 N–H and O–H groups in total. The van der Waals surface area contributed by atoms with E-state index in [1.807, 2.05) is 13.8 Å². The molecule has 11 heteroatoms. The highest BCUT2D eigenvalue weighted by atomic mass is 16.8. The third-order valence-electron chi connectivity index (χ3n) is 6.03. The summed E-state index contributed by atoms with van der Waals surface area (Å²) in [7, 11) is 1.20. The fourth-order valence-corrected chi connectivity index (χ4v) is 2.92. The first-order valence-electron chi connectivity index (χ1n) is 12.6. The van der Waals surface area contributed by atoms with Gasteiger partial charge in [-0.3, -0.25) is 9.59 Å². The predicted octanol–water partition coefficient (Wildman–Crippen LogP) is 4.85. The molecule has 214 valence electrons. The van der Waals surface area contributed by atoms with Crippen LogP contribution in [0.4, 0.5) is 9.59 Å². The van der Waals surface area contributed by atoms with Crippen molar-refractivity contribution in [1.29, 1.82) is 0 Å². The summed E-state index contributed by atoms with van der Waals surface area (Å²) >= 11 is 0. The maximum atomic E-state index is 12.5. The number of nitrogens with two attached hydrogens (primary N) is 1. The molecule has 0 saturated heterocycles. The van der Waals surface area contributed by atoms with Gasteiger partial charge in [-0.15, -0.1) is 0 Å². The predicted molar refractivity (Wildman–Crippen MR) is 138 cm³/mol. The van der Waals surface area contributed by atoms with E-state index in [2.05, 4.69) is 0 Å². The summed E-state index contributed by atoms with van der Waals surface area (Å²) in [5, 5.41) is 0. The molecule has 0 spiro atoms. The van der Waals surface area contributed by atoms with Crippen molar-refractivity contribution in [3.8, 4) is 11.5 Å². The van der Waals surface area contributed by atoms with Gasteiger partial charge in [-0.2, -0.15) is 0 Å². The molecule has 0 aromatic heterocycles. The maximum absolute atomic E-state index is 12.5. The number of rotatable bonds is 13. The van der Waals surface area contributed by atoms with Crippen molar-refractivity contribution in [2.24, 2.45) is 5.73 Å². The summed E-state index contributed by atoms with van der Waals surface area (Å²) in [6.45, 7) is 12.1. The molecule has 0 radical (unpaired) electrons. The molecule has 1 aromatic carbocycles. The third kappa shape index (κ3) is 10.6. The minimum Gasteiger partial charge on any atom is -0.468 e. The van der Waals surface area contributed by atoms with Crippen LogP contribution < -0.4 is 15.2 Å². The van der Waals surface area contributed by atoms with Gasteiger partial charge in [-0.25, -0.2) is 9.59 Å². The van der Waals surface area contributed by atoms with Crippen LogP contribution in [0, 0.1) is 0 Å². The number of carbonyl (C=O) groups is 4. The number of esters is 2. The monoisotopic (exact) mass is 539 g/mol. The van der Waals surface area contributed by atoms with Gasteiger partial charge in [0, 0.05) is 19.3 Å². The van der Waals surface area contributed by atoms with Gasteiger partial charge in [0.1, 0.15) is 16.7 Å². The van der Waals surface area contributed by atoms with Gasteiger partial charge in [-0.1, -0.05) is 26.8 Å². The molecule has 1 aromatic rings. The number of methoxy groups -OCH3 is 1. The van der Waals surface area contributed by atoms with Crippen molar-refractivity contribution in [2.45, 2.75) is 97.3 Å². The topological polar surface area (TPSA) is 150 Å². The van der Waals surface area contributed by atoms with E-state index in [9.17, 15) is 19.2 Å². The number of ether oxygens (including phenoxy) is 6. The van der Waals surface area contributed by atoms with Gasteiger partial charge in [0.2, 0.25) is 0 Å². The number of hydrogen-bond acceptors (Lipinski definition) is 11.